The normalized spacial score (nSPS) is 22.4. The van der Waals surface area contributed by atoms with Crippen LogP contribution in [0.25, 0.3) is 0 Å². The Bertz CT molecular complexity index is 1120. The van der Waals surface area contributed by atoms with Crippen molar-refractivity contribution >= 4 is 23.2 Å². The van der Waals surface area contributed by atoms with Gasteiger partial charge in [-0.3, -0.25) is 4.79 Å². The van der Waals surface area contributed by atoms with Gasteiger partial charge in [0, 0.05) is 43.8 Å². The molecule has 0 aliphatic carbocycles. The lowest BCUT2D eigenvalue weighted by atomic mass is 9.94. The number of carbonyl (C=O) groups is 1. The molecule has 0 radical (unpaired) electrons. The molecule has 3 heterocycles. The van der Waals surface area contributed by atoms with Gasteiger partial charge in [0.05, 0.1) is 13.2 Å². The van der Waals surface area contributed by atoms with Gasteiger partial charge in [0.1, 0.15) is 30.6 Å². The minimum absolute atomic E-state index is 0.131. The van der Waals surface area contributed by atoms with Crippen molar-refractivity contribution in [2.75, 3.05) is 44.3 Å². The molecule has 3 aromatic rings. The van der Waals surface area contributed by atoms with Gasteiger partial charge in [0.2, 0.25) is 5.91 Å². The number of aromatic nitrogens is 3. The van der Waals surface area contributed by atoms with Gasteiger partial charge in [-0.05, 0) is 42.0 Å². The maximum atomic E-state index is 11.5. The van der Waals surface area contributed by atoms with Crippen molar-refractivity contribution in [3.05, 3.63) is 71.8 Å². The van der Waals surface area contributed by atoms with Gasteiger partial charge in [-0.15, -0.1) is 0 Å². The predicted octanol–water partition coefficient (Wildman–Crippen LogP) is 2.95. The highest BCUT2D eigenvalue weighted by Crippen LogP contribution is 2.36. The highest BCUT2D eigenvalue weighted by atomic mass is 35.5. The SMILES string of the molecule is CC(=O)N1CCN(c2ccc(OCC3OCC(Cn4cncn4)(c4ccc(Cl)cc4)O3)cc2)CC1. The van der Waals surface area contributed by atoms with Crippen molar-refractivity contribution in [1.29, 1.82) is 0 Å². The number of ether oxygens (including phenoxy) is 3. The first kappa shape index (κ1) is 23.6. The smallest absolute Gasteiger partial charge is 0.219 e. The molecule has 2 aliphatic rings. The fourth-order valence-electron chi connectivity index (χ4n) is 4.48. The van der Waals surface area contributed by atoms with Gasteiger partial charge in [0.15, 0.2) is 6.29 Å². The second kappa shape index (κ2) is 10.2. The quantitative estimate of drug-likeness (QED) is 0.496. The summed E-state index contributed by atoms with van der Waals surface area (Å²) in [6, 6.07) is 15.5. The Hall–Kier alpha value is -3.14. The lowest BCUT2D eigenvalue weighted by molar-refractivity contribution is -0.129. The molecular formula is C25H28ClN5O4. The summed E-state index contributed by atoms with van der Waals surface area (Å²) in [6.07, 6.45) is 2.62. The molecule has 184 valence electrons. The van der Waals surface area contributed by atoms with Crippen molar-refractivity contribution in [1.82, 2.24) is 19.7 Å². The van der Waals surface area contributed by atoms with E-state index in [4.69, 9.17) is 25.8 Å². The number of carbonyl (C=O) groups excluding carboxylic acids is 1. The third-order valence-corrected chi connectivity index (χ3v) is 6.68. The summed E-state index contributed by atoms with van der Waals surface area (Å²) in [4.78, 5) is 19.7. The first-order valence-corrected chi connectivity index (χ1v) is 12.0. The Morgan fingerprint density at radius 3 is 2.51 bits per heavy atom. The van der Waals surface area contributed by atoms with Crippen LogP contribution in [0.1, 0.15) is 12.5 Å². The lowest BCUT2D eigenvalue weighted by Gasteiger charge is -2.35. The van der Waals surface area contributed by atoms with Crippen molar-refractivity contribution < 1.29 is 19.0 Å². The van der Waals surface area contributed by atoms with E-state index in [0.29, 0.717) is 18.2 Å². The van der Waals surface area contributed by atoms with Crippen LogP contribution in [-0.2, 0) is 26.4 Å². The summed E-state index contributed by atoms with van der Waals surface area (Å²) in [5.74, 6) is 0.870. The van der Waals surface area contributed by atoms with Gasteiger partial charge in [-0.2, -0.15) is 5.10 Å². The molecular weight excluding hydrogens is 470 g/mol. The van der Waals surface area contributed by atoms with Gasteiger partial charge >= 0.3 is 0 Å². The highest BCUT2D eigenvalue weighted by Gasteiger charge is 2.44. The summed E-state index contributed by atoms with van der Waals surface area (Å²) in [5, 5.41) is 4.90. The number of piperazine rings is 1. The van der Waals surface area contributed by atoms with Crippen LogP contribution in [0.3, 0.4) is 0 Å². The van der Waals surface area contributed by atoms with E-state index in [1.165, 1.54) is 6.33 Å². The van der Waals surface area contributed by atoms with E-state index in [-0.39, 0.29) is 12.5 Å². The van der Waals surface area contributed by atoms with E-state index >= 15 is 0 Å². The summed E-state index contributed by atoms with van der Waals surface area (Å²) in [6.45, 7) is 5.81. The zero-order valence-electron chi connectivity index (χ0n) is 19.5. The van der Waals surface area contributed by atoms with E-state index < -0.39 is 11.9 Å². The Labute approximate surface area is 209 Å². The van der Waals surface area contributed by atoms with E-state index in [2.05, 4.69) is 15.0 Å². The minimum Gasteiger partial charge on any atom is -0.488 e. The molecule has 2 fully saturated rings. The van der Waals surface area contributed by atoms with Crippen molar-refractivity contribution in [2.24, 2.45) is 0 Å². The average molecular weight is 498 g/mol. The standard InChI is InChI=1S/C25H28ClN5O4/c1-19(32)29-10-12-30(13-11-29)22-6-8-23(9-7-22)33-14-24-34-16-25(35-24,15-31-18-27-17-28-31)20-2-4-21(26)5-3-20/h2-9,17-18,24H,10-16H2,1H3. The maximum Gasteiger partial charge on any atom is 0.219 e. The number of hydrogen-bond donors (Lipinski definition) is 0. The Morgan fingerprint density at radius 1 is 1.11 bits per heavy atom. The third-order valence-electron chi connectivity index (χ3n) is 6.43. The zero-order valence-corrected chi connectivity index (χ0v) is 20.3. The van der Waals surface area contributed by atoms with Crippen molar-refractivity contribution in [3.8, 4) is 5.75 Å². The molecule has 0 bridgehead atoms. The van der Waals surface area contributed by atoms with Crippen molar-refractivity contribution in [3.63, 3.8) is 0 Å². The topological polar surface area (TPSA) is 82.0 Å². The summed E-state index contributed by atoms with van der Waals surface area (Å²) in [7, 11) is 0. The Kier molecular flexibility index (Phi) is 6.90. The number of halogens is 1. The van der Waals surface area contributed by atoms with Crippen LogP contribution in [0.5, 0.6) is 5.75 Å². The van der Waals surface area contributed by atoms with Crippen LogP contribution in [0, 0.1) is 0 Å². The summed E-state index contributed by atoms with van der Waals surface area (Å²) >= 11 is 6.09. The number of nitrogens with zero attached hydrogens (tertiary/aromatic N) is 5. The fourth-order valence-corrected chi connectivity index (χ4v) is 4.61. The summed E-state index contributed by atoms with van der Waals surface area (Å²) in [5.41, 5.74) is 1.34. The van der Waals surface area contributed by atoms with Gasteiger partial charge in [0.25, 0.3) is 0 Å². The number of amides is 1. The Morgan fingerprint density at radius 2 is 1.86 bits per heavy atom. The summed E-state index contributed by atoms with van der Waals surface area (Å²) < 4.78 is 20.1. The van der Waals surface area contributed by atoms with E-state index in [9.17, 15) is 4.79 Å². The molecule has 2 unspecified atom stereocenters. The second-order valence-corrected chi connectivity index (χ2v) is 9.19. The number of anilines is 1. The molecule has 1 aromatic heterocycles. The fraction of sp³-hybridized carbons (Fsp3) is 0.400. The van der Waals surface area contributed by atoms with E-state index in [0.717, 1.165) is 43.2 Å². The largest absolute Gasteiger partial charge is 0.488 e. The molecule has 2 aromatic carbocycles. The molecule has 2 saturated heterocycles. The molecule has 2 atom stereocenters. The Balaban J connectivity index is 1.19. The van der Waals surface area contributed by atoms with Gasteiger partial charge in [-0.1, -0.05) is 23.7 Å². The van der Waals surface area contributed by atoms with Crippen molar-refractivity contribution in [2.45, 2.75) is 25.4 Å². The van der Waals surface area contributed by atoms with Crippen LogP contribution in [0.15, 0.2) is 61.2 Å². The molecule has 1 amide bonds. The van der Waals surface area contributed by atoms with Crippen LogP contribution in [0.2, 0.25) is 5.02 Å². The predicted molar refractivity (Wildman–Crippen MR) is 130 cm³/mol. The molecule has 35 heavy (non-hydrogen) atoms. The molecule has 0 N–H and O–H groups in total. The van der Waals surface area contributed by atoms with Crippen LogP contribution in [0.4, 0.5) is 5.69 Å². The third kappa shape index (κ3) is 5.42. The average Bonchev–Trinajstić information content (AvgIpc) is 3.54. The van der Waals surface area contributed by atoms with Gasteiger partial charge < -0.3 is 24.0 Å². The van der Waals surface area contributed by atoms with Crippen LogP contribution >= 0.6 is 11.6 Å². The lowest BCUT2D eigenvalue weighted by Crippen LogP contribution is -2.48. The molecule has 10 heteroatoms. The van der Waals surface area contributed by atoms with E-state index in [1.54, 1.807) is 17.9 Å². The number of hydrogen-bond acceptors (Lipinski definition) is 7. The zero-order chi connectivity index (χ0) is 24.3. The van der Waals surface area contributed by atoms with Crippen LogP contribution in [-0.4, -0.2) is 71.3 Å². The number of rotatable bonds is 7. The first-order valence-electron chi connectivity index (χ1n) is 11.6. The van der Waals surface area contributed by atoms with Gasteiger partial charge in [-0.25, -0.2) is 9.67 Å². The minimum atomic E-state index is -0.724. The molecule has 0 saturated carbocycles. The first-order chi connectivity index (χ1) is 17.0. The molecule has 9 nitrogen and oxygen atoms in total. The van der Waals surface area contributed by atoms with Crippen LogP contribution < -0.4 is 9.64 Å². The number of benzene rings is 2. The highest BCUT2D eigenvalue weighted by molar-refractivity contribution is 6.30. The monoisotopic (exact) mass is 497 g/mol. The molecule has 0 spiro atoms. The maximum absolute atomic E-state index is 11.5. The molecule has 2 aliphatic heterocycles. The second-order valence-electron chi connectivity index (χ2n) is 8.75. The van der Waals surface area contributed by atoms with E-state index in [1.807, 2.05) is 53.4 Å². The molecule has 5 rings (SSSR count).